The third kappa shape index (κ3) is 3.05. The Bertz CT molecular complexity index is 1320. The van der Waals surface area contributed by atoms with Crippen LogP contribution in [0.5, 0.6) is 0 Å². The molecule has 0 amide bonds. The SMILES string of the molecule is Cc1nn(Cc2cc(-c3cccs3)on2)c(C)c1S(=O)(=O)N1CCc2ccccc21. The van der Waals surface area contributed by atoms with Gasteiger partial charge < -0.3 is 4.52 Å². The van der Waals surface area contributed by atoms with E-state index in [2.05, 4.69) is 10.3 Å². The van der Waals surface area contributed by atoms with Crippen LogP contribution in [-0.4, -0.2) is 29.9 Å². The Hall–Kier alpha value is -2.91. The van der Waals surface area contributed by atoms with E-state index in [9.17, 15) is 8.42 Å². The fourth-order valence-electron chi connectivity index (χ4n) is 3.95. The molecule has 1 aliphatic rings. The van der Waals surface area contributed by atoms with Crippen molar-refractivity contribution in [2.45, 2.75) is 31.7 Å². The van der Waals surface area contributed by atoms with Crippen molar-refractivity contribution in [1.29, 1.82) is 0 Å². The van der Waals surface area contributed by atoms with E-state index in [0.717, 1.165) is 16.1 Å². The van der Waals surface area contributed by atoms with Crippen molar-refractivity contribution >= 4 is 27.0 Å². The van der Waals surface area contributed by atoms with Crippen LogP contribution in [0.25, 0.3) is 10.6 Å². The Morgan fingerprint density at radius 1 is 1.17 bits per heavy atom. The van der Waals surface area contributed by atoms with Crippen molar-refractivity contribution in [3.63, 3.8) is 0 Å². The van der Waals surface area contributed by atoms with Gasteiger partial charge in [0.15, 0.2) is 5.76 Å². The second-order valence-corrected chi connectivity index (χ2v) is 10.0. The van der Waals surface area contributed by atoms with Crippen LogP contribution in [-0.2, 0) is 23.0 Å². The van der Waals surface area contributed by atoms with Gasteiger partial charge in [0.1, 0.15) is 10.6 Å². The third-order valence-corrected chi connectivity index (χ3v) is 8.29. The van der Waals surface area contributed by atoms with Crippen molar-refractivity contribution in [3.05, 3.63) is 70.5 Å². The lowest BCUT2D eigenvalue weighted by Gasteiger charge is -2.19. The van der Waals surface area contributed by atoms with Gasteiger partial charge in [-0.25, -0.2) is 8.42 Å². The van der Waals surface area contributed by atoms with Crippen LogP contribution in [0.4, 0.5) is 5.69 Å². The molecule has 0 saturated carbocycles. The number of hydrogen-bond acceptors (Lipinski definition) is 6. The number of nitrogens with zero attached hydrogens (tertiary/aromatic N) is 4. The van der Waals surface area contributed by atoms with Crippen LogP contribution in [0.15, 0.2) is 57.3 Å². The summed E-state index contributed by atoms with van der Waals surface area (Å²) in [4.78, 5) is 1.26. The highest BCUT2D eigenvalue weighted by atomic mass is 32.2. The summed E-state index contributed by atoms with van der Waals surface area (Å²) < 4.78 is 35.6. The summed E-state index contributed by atoms with van der Waals surface area (Å²) in [6, 6.07) is 13.4. The molecule has 0 radical (unpaired) electrons. The zero-order valence-electron chi connectivity index (χ0n) is 16.6. The Labute approximate surface area is 178 Å². The Kier molecular flexibility index (Phi) is 4.52. The van der Waals surface area contributed by atoms with Gasteiger partial charge in [-0.1, -0.05) is 29.4 Å². The van der Waals surface area contributed by atoms with E-state index in [1.54, 1.807) is 29.9 Å². The zero-order valence-corrected chi connectivity index (χ0v) is 18.2. The summed E-state index contributed by atoms with van der Waals surface area (Å²) in [5.74, 6) is 0.697. The molecule has 0 bridgehead atoms. The molecule has 0 saturated heterocycles. The Balaban J connectivity index is 1.47. The van der Waals surface area contributed by atoms with E-state index in [4.69, 9.17) is 4.52 Å². The number of para-hydroxylation sites is 1. The normalized spacial score (nSPS) is 13.7. The first-order valence-corrected chi connectivity index (χ1v) is 11.9. The lowest BCUT2D eigenvalue weighted by Crippen LogP contribution is -2.30. The van der Waals surface area contributed by atoms with E-state index in [-0.39, 0.29) is 4.90 Å². The molecule has 7 nitrogen and oxygen atoms in total. The molecule has 1 aliphatic heterocycles. The maximum atomic E-state index is 13.5. The number of fused-ring (bicyclic) bond motifs is 1. The predicted octanol–water partition coefficient (Wildman–Crippen LogP) is 4.02. The summed E-state index contributed by atoms with van der Waals surface area (Å²) in [7, 11) is -3.71. The van der Waals surface area contributed by atoms with Crippen molar-refractivity contribution in [2.24, 2.45) is 0 Å². The van der Waals surface area contributed by atoms with Gasteiger partial charge in [-0.3, -0.25) is 8.99 Å². The number of hydrogen-bond donors (Lipinski definition) is 0. The van der Waals surface area contributed by atoms with Crippen LogP contribution in [0.2, 0.25) is 0 Å². The summed E-state index contributed by atoms with van der Waals surface area (Å²) >= 11 is 1.58. The monoisotopic (exact) mass is 440 g/mol. The highest BCUT2D eigenvalue weighted by Gasteiger charge is 2.35. The zero-order chi connectivity index (χ0) is 20.9. The largest absolute Gasteiger partial charge is 0.355 e. The molecule has 154 valence electrons. The first-order chi connectivity index (χ1) is 14.4. The molecule has 0 N–H and O–H groups in total. The average Bonchev–Trinajstić information content (AvgIpc) is 3.48. The van der Waals surface area contributed by atoms with Crippen molar-refractivity contribution < 1.29 is 12.9 Å². The number of benzene rings is 1. The first kappa shape index (κ1) is 19.1. The fraction of sp³-hybridized carbons (Fsp3) is 0.238. The maximum Gasteiger partial charge on any atom is 0.268 e. The molecule has 9 heteroatoms. The molecule has 0 spiro atoms. The quantitative estimate of drug-likeness (QED) is 0.468. The molecule has 4 heterocycles. The van der Waals surface area contributed by atoms with Gasteiger partial charge >= 0.3 is 0 Å². The molecule has 3 aromatic heterocycles. The van der Waals surface area contributed by atoms with E-state index in [0.29, 0.717) is 42.4 Å². The molecular weight excluding hydrogens is 420 g/mol. The van der Waals surface area contributed by atoms with Gasteiger partial charge in [0, 0.05) is 12.6 Å². The van der Waals surface area contributed by atoms with E-state index in [1.807, 2.05) is 47.8 Å². The van der Waals surface area contributed by atoms with Gasteiger partial charge in [-0.2, -0.15) is 5.10 Å². The molecule has 0 fully saturated rings. The number of sulfonamides is 1. The second kappa shape index (κ2) is 7.10. The van der Waals surface area contributed by atoms with Crippen LogP contribution >= 0.6 is 11.3 Å². The summed E-state index contributed by atoms with van der Waals surface area (Å²) in [6.45, 7) is 4.31. The molecule has 30 heavy (non-hydrogen) atoms. The number of thiophene rings is 1. The van der Waals surface area contributed by atoms with Crippen molar-refractivity contribution in [2.75, 3.05) is 10.8 Å². The number of rotatable bonds is 5. The topological polar surface area (TPSA) is 81.2 Å². The van der Waals surface area contributed by atoms with E-state index >= 15 is 0 Å². The number of aromatic nitrogens is 3. The van der Waals surface area contributed by atoms with E-state index < -0.39 is 10.0 Å². The van der Waals surface area contributed by atoms with Gasteiger partial charge in [-0.15, -0.1) is 11.3 Å². The van der Waals surface area contributed by atoms with Gasteiger partial charge in [0.2, 0.25) is 0 Å². The third-order valence-electron chi connectivity index (χ3n) is 5.34. The molecule has 5 rings (SSSR count). The lowest BCUT2D eigenvalue weighted by atomic mass is 10.2. The maximum absolute atomic E-state index is 13.5. The summed E-state index contributed by atoms with van der Waals surface area (Å²) in [5.41, 5.74) is 3.57. The lowest BCUT2D eigenvalue weighted by molar-refractivity contribution is 0.419. The average molecular weight is 441 g/mol. The van der Waals surface area contributed by atoms with Crippen LogP contribution < -0.4 is 4.31 Å². The number of aryl methyl sites for hydroxylation is 1. The molecule has 1 aromatic carbocycles. The minimum Gasteiger partial charge on any atom is -0.355 e. The van der Waals surface area contributed by atoms with Crippen LogP contribution in [0, 0.1) is 13.8 Å². The smallest absolute Gasteiger partial charge is 0.268 e. The fourth-order valence-corrected chi connectivity index (χ4v) is 6.51. The molecule has 0 atom stereocenters. The molecular formula is C21H20N4O3S2. The van der Waals surface area contributed by atoms with Gasteiger partial charge in [0.05, 0.1) is 28.5 Å². The Morgan fingerprint density at radius 3 is 2.80 bits per heavy atom. The van der Waals surface area contributed by atoms with Gasteiger partial charge in [0.25, 0.3) is 10.0 Å². The molecule has 0 unspecified atom stereocenters. The highest BCUT2D eigenvalue weighted by Crippen LogP contribution is 2.34. The highest BCUT2D eigenvalue weighted by molar-refractivity contribution is 7.93. The van der Waals surface area contributed by atoms with E-state index in [1.165, 1.54) is 4.31 Å². The molecule has 0 aliphatic carbocycles. The Morgan fingerprint density at radius 2 is 2.00 bits per heavy atom. The summed E-state index contributed by atoms with van der Waals surface area (Å²) in [6.07, 6.45) is 0.714. The van der Waals surface area contributed by atoms with Crippen LogP contribution in [0.3, 0.4) is 0 Å². The minimum atomic E-state index is -3.71. The summed E-state index contributed by atoms with van der Waals surface area (Å²) in [5, 5.41) is 10.6. The first-order valence-electron chi connectivity index (χ1n) is 9.59. The van der Waals surface area contributed by atoms with Crippen molar-refractivity contribution in [1.82, 2.24) is 14.9 Å². The predicted molar refractivity (Wildman–Crippen MR) is 115 cm³/mol. The van der Waals surface area contributed by atoms with Gasteiger partial charge in [-0.05, 0) is 43.3 Å². The molecule has 4 aromatic rings. The number of anilines is 1. The minimum absolute atomic E-state index is 0.265. The second-order valence-electron chi connectivity index (χ2n) is 7.27. The van der Waals surface area contributed by atoms with Crippen LogP contribution in [0.1, 0.15) is 22.6 Å². The standard InChI is InChI=1S/C21H20N4O3S2/c1-14-21(30(26,27)25-10-9-16-6-3-4-7-18(16)25)15(2)24(22-14)13-17-12-19(28-23-17)20-8-5-11-29-20/h3-8,11-12H,9-10,13H2,1-2H3. The van der Waals surface area contributed by atoms with Crippen molar-refractivity contribution in [3.8, 4) is 10.6 Å².